The lowest BCUT2D eigenvalue weighted by Crippen LogP contribution is -2.30. The third-order valence-electron chi connectivity index (χ3n) is 3.33. The molecule has 0 amide bonds. The maximum Gasteiger partial charge on any atom is 0.157 e. The topological polar surface area (TPSA) is 65.4 Å². The molecule has 1 aromatic heterocycles. The van der Waals surface area contributed by atoms with Gasteiger partial charge in [0.1, 0.15) is 0 Å². The SMILES string of the molecule is Oc1cc2c(cc1O)[C@@H](c1ccncc1)NCC2. The van der Waals surface area contributed by atoms with Gasteiger partial charge in [0.05, 0.1) is 6.04 Å². The standard InChI is InChI=1S/C14H14N2O2/c17-12-7-10-3-6-16-14(11(10)8-13(12)18)9-1-4-15-5-2-9/h1-2,4-5,7-8,14,16-18H,3,6H2/t14-/m1/s1. The van der Waals surface area contributed by atoms with Crippen LogP contribution in [0.3, 0.4) is 0 Å². The van der Waals surface area contributed by atoms with Crippen LogP contribution in [0.15, 0.2) is 36.7 Å². The predicted molar refractivity (Wildman–Crippen MR) is 67.6 cm³/mol. The van der Waals surface area contributed by atoms with Crippen LogP contribution in [0.25, 0.3) is 0 Å². The Bertz CT molecular complexity index is 570. The van der Waals surface area contributed by atoms with Gasteiger partial charge in [-0.1, -0.05) is 0 Å². The van der Waals surface area contributed by atoms with Crippen LogP contribution in [0.1, 0.15) is 22.7 Å². The molecule has 4 nitrogen and oxygen atoms in total. The fourth-order valence-corrected chi connectivity index (χ4v) is 2.44. The Morgan fingerprint density at radius 2 is 1.83 bits per heavy atom. The lowest BCUT2D eigenvalue weighted by atomic mass is 9.90. The van der Waals surface area contributed by atoms with E-state index in [1.54, 1.807) is 24.5 Å². The fraction of sp³-hybridized carbons (Fsp3) is 0.214. The number of nitrogens with one attached hydrogen (secondary N) is 1. The van der Waals surface area contributed by atoms with Gasteiger partial charge < -0.3 is 15.5 Å². The van der Waals surface area contributed by atoms with Crippen LogP contribution >= 0.6 is 0 Å². The molecule has 2 heterocycles. The molecule has 0 aliphatic carbocycles. The first-order valence-electron chi connectivity index (χ1n) is 5.94. The number of nitrogens with zero attached hydrogens (tertiary/aromatic N) is 1. The molecule has 1 aliphatic heterocycles. The minimum atomic E-state index is -0.0727. The van der Waals surface area contributed by atoms with Crippen molar-refractivity contribution in [3.8, 4) is 11.5 Å². The van der Waals surface area contributed by atoms with Crippen molar-refractivity contribution in [2.24, 2.45) is 0 Å². The summed E-state index contributed by atoms with van der Waals surface area (Å²) in [4.78, 5) is 4.01. The molecular formula is C14H14N2O2. The third-order valence-corrected chi connectivity index (χ3v) is 3.33. The number of hydrogen-bond donors (Lipinski definition) is 3. The number of phenolic OH excluding ortho intramolecular Hbond substituents is 2. The first-order valence-corrected chi connectivity index (χ1v) is 5.94. The first kappa shape index (κ1) is 11.0. The van der Waals surface area contributed by atoms with E-state index in [0.29, 0.717) is 0 Å². The normalized spacial score (nSPS) is 18.3. The Kier molecular flexibility index (Phi) is 2.64. The summed E-state index contributed by atoms with van der Waals surface area (Å²) in [5.74, 6) is -0.124. The van der Waals surface area contributed by atoms with Crippen LogP contribution in [-0.2, 0) is 6.42 Å². The summed E-state index contributed by atoms with van der Waals surface area (Å²) in [6.07, 6.45) is 4.36. The number of aromatic hydroxyl groups is 2. The maximum atomic E-state index is 9.65. The Morgan fingerprint density at radius 1 is 1.11 bits per heavy atom. The molecule has 1 aliphatic rings. The van der Waals surface area contributed by atoms with Gasteiger partial charge in [0.15, 0.2) is 11.5 Å². The second kappa shape index (κ2) is 4.31. The number of hydrogen-bond acceptors (Lipinski definition) is 4. The molecule has 0 bridgehead atoms. The van der Waals surface area contributed by atoms with E-state index in [2.05, 4.69) is 10.3 Å². The second-order valence-electron chi connectivity index (χ2n) is 4.46. The van der Waals surface area contributed by atoms with E-state index in [1.165, 1.54) is 0 Å². The largest absolute Gasteiger partial charge is 0.504 e. The average molecular weight is 242 g/mol. The van der Waals surface area contributed by atoms with Gasteiger partial charge in [0.25, 0.3) is 0 Å². The fourth-order valence-electron chi connectivity index (χ4n) is 2.44. The monoisotopic (exact) mass is 242 g/mol. The van der Waals surface area contributed by atoms with E-state index in [9.17, 15) is 10.2 Å². The van der Waals surface area contributed by atoms with E-state index < -0.39 is 0 Å². The average Bonchev–Trinajstić information content (AvgIpc) is 2.40. The van der Waals surface area contributed by atoms with Crippen LogP contribution in [0.4, 0.5) is 0 Å². The van der Waals surface area contributed by atoms with E-state index in [-0.39, 0.29) is 17.5 Å². The molecule has 18 heavy (non-hydrogen) atoms. The highest BCUT2D eigenvalue weighted by atomic mass is 16.3. The number of rotatable bonds is 1. The Hall–Kier alpha value is -2.07. The molecule has 0 radical (unpaired) electrons. The maximum absolute atomic E-state index is 9.65. The van der Waals surface area contributed by atoms with Gasteiger partial charge in [-0.2, -0.15) is 0 Å². The summed E-state index contributed by atoms with van der Waals surface area (Å²) in [7, 11) is 0. The van der Waals surface area contributed by atoms with E-state index in [0.717, 1.165) is 29.7 Å². The lowest BCUT2D eigenvalue weighted by molar-refractivity contribution is 0.400. The van der Waals surface area contributed by atoms with Gasteiger partial charge in [-0.25, -0.2) is 0 Å². The number of phenols is 2. The molecule has 0 saturated heterocycles. The highest BCUT2D eigenvalue weighted by Gasteiger charge is 2.22. The van der Waals surface area contributed by atoms with Gasteiger partial charge in [0, 0.05) is 18.9 Å². The molecule has 0 fully saturated rings. The highest BCUT2D eigenvalue weighted by molar-refractivity contribution is 5.50. The molecular weight excluding hydrogens is 228 g/mol. The Morgan fingerprint density at radius 3 is 2.61 bits per heavy atom. The number of pyridine rings is 1. The van der Waals surface area contributed by atoms with Crippen LogP contribution in [0, 0.1) is 0 Å². The van der Waals surface area contributed by atoms with Crippen LogP contribution in [0.2, 0.25) is 0 Å². The number of benzene rings is 1. The summed E-state index contributed by atoms with van der Waals surface area (Å²) >= 11 is 0. The Labute approximate surface area is 105 Å². The van der Waals surface area contributed by atoms with Crippen molar-refractivity contribution in [3.63, 3.8) is 0 Å². The molecule has 92 valence electrons. The quantitative estimate of drug-likeness (QED) is 0.666. The van der Waals surface area contributed by atoms with Crippen molar-refractivity contribution in [1.82, 2.24) is 10.3 Å². The predicted octanol–water partition coefficient (Wildman–Crippen LogP) is 1.73. The summed E-state index contributed by atoms with van der Waals surface area (Å²) in [5, 5.41) is 22.6. The van der Waals surface area contributed by atoms with Gasteiger partial charge in [-0.15, -0.1) is 0 Å². The van der Waals surface area contributed by atoms with Gasteiger partial charge in [-0.3, -0.25) is 4.98 Å². The van der Waals surface area contributed by atoms with Gasteiger partial charge >= 0.3 is 0 Å². The van der Waals surface area contributed by atoms with Crippen molar-refractivity contribution >= 4 is 0 Å². The summed E-state index contributed by atoms with van der Waals surface area (Å²) in [6, 6.07) is 7.25. The zero-order chi connectivity index (χ0) is 12.5. The lowest BCUT2D eigenvalue weighted by Gasteiger charge is -2.27. The van der Waals surface area contributed by atoms with Crippen LogP contribution in [0.5, 0.6) is 11.5 Å². The minimum absolute atomic E-state index is 0.0447. The van der Waals surface area contributed by atoms with E-state index >= 15 is 0 Å². The van der Waals surface area contributed by atoms with Crippen molar-refractivity contribution in [1.29, 1.82) is 0 Å². The van der Waals surface area contributed by atoms with Crippen molar-refractivity contribution in [2.45, 2.75) is 12.5 Å². The van der Waals surface area contributed by atoms with E-state index in [1.807, 2.05) is 12.1 Å². The molecule has 1 aromatic carbocycles. The highest BCUT2D eigenvalue weighted by Crippen LogP contribution is 2.35. The van der Waals surface area contributed by atoms with Crippen LogP contribution in [-0.4, -0.2) is 21.7 Å². The zero-order valence-electron chi connectivity index (χ0n) is 9.80. The molecule has 3 rings (SSSR count). The van der Waals surface area contributed by atoms with Crippen molar-refractivity contribution in [3.05, 3.63) is 53.3 Å². The van der Waals surface area contributed by atoms with E-state index in [4.69, 9.17) is 0 Å². The molecule has 0 unspecified atom stereocenters. The first-order chi connectivity index (χ1) is 8.75. The van der Waals surface area contributed by atoms with Crippen LogP contribution < -0.4 is 5.32 Å². The molecule has 4 heteroatoms. The molecule has 0 spiro atoms. The molecule has 0 saturated carbocycles. The number of fused-ring (bicyclic) bond motifs is 1. The smallest absolute Gasteiger partial charge is 0.157 e. The third kappa shape index (κ3) is 1.80. The summed E-state index contributed by atoms with van der Waals surface area (Å²) in [6.45, 7) is 0.851. The summed E-state index contributed by atoms with van der Waals surface area (Å²) in [5.41, 5.74) is 3.20. The second-order valence-corrected chi connectivity index (χ2v) is 4.46. The van der Waals surface area contributed by atoms with Crippen molar-refractivity contribution < 1.29 is 10.2 Å². The molecule has 3 N–H and O–H groups in total. The zero-order valence-corrected chi connectivity index (χ0v) is 9.80. The molecule has 2 aromatic rings. The Balaban J connectivity index is 2.09. The number of aromatic nitrogens is 1. The van der Waals surface area contributed by atoms with Gasteiger partial charge in [0.2, 0.25) is 0 Å². The minimum Gasteiger partial charge on any atom is -0.504 e. The van der Waals surface area contributed by atoms with Gasteiger partial charge in [-0.05, 0) is 47.4 Å². The van der Waals surface area contributed by atoms with Crippen molar-refractivity contribution in [2.75, 3.05) is 6.54 Å². The summed E-state index contributed by atoms with van der Waals surface area (Å²) < 4.78 is 0. The molecule has 1 atom stereocenters.